The van der Waals surface area contributed by atoms with E-state index in [2.05, 4.69) is 29.2 Å². The number of rotatable bonds is 5. The second kappa shape index (κ2) is 9.25. The molecule has 4 aromatic rings. The number of carbonyl (C=O) groups is 1. The normalized spacial score (nSPS) is 14.7. The van der Waals surface area contributed by atoms with Crippen LogP contribution in [0.5, 0.6) is 0 Å². The number of nitrogens with zero attached hydrogens (tertiary/aromatic N) is 4. The van der Waals surface area contributed by atoms with Gasteiger partial charge < -0.3 is 9.47 Å². The van der Waals surface area contributed by atoms with Gasteiger partial charge in [-0.1, -0.05) is 43.3 Å². The van der Waals surface area contributed by atoms with Crippen molar-refractivity contribution in [1.29, 1.82) is 5.41 Å². The first kappa shape index (κ1) is 22.1. The van der Waals surface area contributed by atoms with E-state index >= 15 is 0 Å². The number of likely N-dealkylation sites (tertiary alicyclic amines) is 1. The Morgan fingerprint density at radius 3 is 2.56 bits per heavy atom. The predicted molar refractivity (Wildman–Crippen MR) is 132 cm³/mol. The number of amides is 1. The quantitative estimate of drug-likeness (QED) is 0.467. The Hall–Kier alpha value is -3.74. The maximum absolute atomic E-state index is 13.5. The molecule has 34 heavy (non-hydrogen) atoms. The predicted octanol–water partition coefficient (Wildman–Crippen LogP) is 3.63. The van der Waals surface area contributed by atoms with Crippen LogP contribution in [-0.2, 0) is 13.0 Å². The molecule has 1 aliphatic heterocycles. The number of hydrogen-bond donors (Lipinski definition) is 1. The van der Waals surface area contributed by atoms with Crippen LogP contribution in [0.1, 0.15) is 42.1 Å². The first-order chi connectivity index (χ1) is 16.6. The number of nitrogens with one attached hydrogen (secondary N) is 1. The van der Waals surface area contributed by atoms with Gasteiger partial charge in [-0.25, -0.2) is 4.98 Å². The van der Waals surface area contributed by atoms with E-state index in [1.54, 1.807) is 29.0 Å². The lowest BCUT2D eigenvalue weighted by molar-refractivity contribution is 0.0687. The van der Waals surface area contributed by atoms with E-state index in [1.165, 1.54) is 9.96 Å². The van der Waals surface area contributed by atoms with E-state index in [0.717, 1.165) is 25.7 Å². The van der Waals surface area contributed by atoms with Crippen LogP contribution in [0, 0.1) is 11.3 Å². The average Bonchev–Trinajstić information content (AvgIpc) is 2.87. The Balaban J connectivity index is 1.47. The summed E-state index contributed by atoms with van der Waals surface area (Å²) in [6.45, 7) is 3.86. The molecule has 1 fully saturated rings. The third-order valence-corrected chi connectivity index (χ3v) is 6.76. The van der Waals surface area contributed by atoms with Crippen LogP contribution in [0.15, 0.2) is 65.6 Å². The van der Waals surface area contributed by atoms with Crippen LogP contribution >= 0.6 is 0 Å². The van der Waals surface area contributed by atoms with Crippen LogP contribution in [0.25, 0.3) is 16.7 Å². The maximum Gasteiger partial charge on any atom is 0.267 e. The first-order valence-electron chi connectivity index (χ1n) is 12.0. The van der Waals surface area contributed by atoms with Crippen molar-refractivity contribution in [1.82, 2.24) is 18.9 Å². The molecular weight excluding hydrogens is 426 g/mol. The molecular formula is C27H29N5O2. The summed E-state index contributed by atoms with van der Waals surface area (Å²) in [6, 6.07) is 17.4. The highest BCUT2D eigenvalue weighted by Gasteiger charge is 2.26. The van der Waals surface area contributed by atoms with Crippen LogP contribution in [-0.4, -0.2) is 37.8 Å². The minimum atomic E-state index is -0.221. The van der Waals surface area contributed by atoms with Gasteiger partial charge in [0.15, 0.2) is 0 Å². The summed E-state index contributed by atoms with van der Waals surface area (Å²) in [7, 11) is 0. The van der Waals surface area contributed by atoms with Crippen LogP contribution in [0.3, 0.4) is 0 Å². The maximum atomic E-state index is 13.5. The van der Waals surface area contributed by atoms with Crippen molar-refractivity contribution in [3.8, 4) is 0 Å². The number of hydrogen-bond acceptors (Lipinski definition) is 4. The van der Waals surface area contributed by atoms with Crippen molar-refractivity contribution in [3.63, 3.8) is 0 Å². The largest absolute Gasteiger partial charge is 0.339 e. The van der Waals surface area contributed by atoms with Crippen molar-refractivity contribution < 1.29 is 4.79 Å². The highest BCUT2D eigenvalue weighted by molar-refractivity contribution is 5.97. The molecule has 1 saturated heterocycles. The molecule has 1 aromatic carbocycles. The lowest BCUT2D eigenvalue weighted by Gasteiger charge is -2.32. The number of carbonyl (C=O) groups excluding carboxylic acids is 1. The van der Waals surface area contributed by atoms with Crippen LogP contribution in [0.4, 0.5) is 0 Å². The Morgan fingerprint density at radius 2 is 1.82 bits per heavy atom. The summed E-state index contributed by atoms with van der Waals surface area (Å²) in [5.74, 6) is 0.372. The molecule has 7 nitrogen and oxygen atoms in total. The van der Waals surface area contributed by atoms with Crippen molar-refractivity contribution in [2.75, 3.05) is 13.1 Å². The van der Waals surface area contributed by atoms with Crippen molar-refractivity contribution in [3.05, 3.63) is 87.8 Å². The minimum absolute atomic E-state index is 0.123. The topological polar surface area (TPSA) is 83.5 Å². The summed E-state index contributed by atoms with van der Waals surface area (Å²) in [5, 5.41) is 9.19. The number of aromatic nitrogens is 3. The van der Waals surface area contributed by atoms with E-state index in [9.17, 15) is 9.59 Å². The highest BCUT2D eigenvalue weighted by atomic mass is 16.2. The molecule has 0 bridgehead atoms. The fourth-order valence-corrected chi connectivity index (χ4v) is 4.95. The van der Waals surface area contributed by atoms with Gasteiger partial charge in [0.25, 0.3) is 11.5 Å². The summed E-state index contributed by atoms with van der Waals surface area (Å²) in [5.41, 5.74) is 2.50. The van der Waals surface area contributed by atoms with E-state index in [1.807, 2.05) is 24.0 Å². The van der Waals surface area contributed by atoms with Crippen molar-refractivity contribution in [2.24, 2.45) is 5.92 Å². The third kappa shape index (κ3) is 4.02. The molecule has 0 unspecified atom stereocenters. The smallest absolute Gasteiger partial charge is 0.267 e. The van der Waals surface area contributed by atoms with Crippen LogP contribution < -0.4 is 11.0 Å². The second-order valence-electron chi connectivity index (χ2n) is 9.07. The number of fused-ring (bicyclic) bond motifs is 2. The third-order valence-electron chi connectivity index (χ3n) is 6.76. The molecule has 5 rings (SSSR count). The van der Waals surface area contributed by atoms with Gasteiger partial charge in [0.1, 0.15) is 16.8 Å². The zero-order valence-corrected chi connectivity index (χ0v) is 19.4. The molecule has 1 amide bonds. The van der Waals surface area contributed by atoms with Crippen molar-refractivity contribution >= 4 is 22.6 Å². The average molecular weight is 456 g/mol. The number of benzene rings is 1. The zero-order valence-electron chi connectivity index (χ0n) is 19.4. The van der Waals surface area contributed by atoms with Gasteiger partial charge in [0.2, 0.25) is 0 Å². The molecule has 3 aromatic heterocycles. The van der Waals surface area contributed by atoms with Gasteiger partial charge >= 0.3 is 0 Å². The van der Waals surface area contributed by atoms with Crippen molar-refractivity contribution in [2.45, 2.75) is 39.2 Å². The molecule has 0 radical (unpaired) electrons. The summed E-state index contributed by atoms with van der Waals surface area (Å²) in [6.07, 6.45) is 5.34. The van der Waals surface area contributed by atoms with E-state index in [0.29, 0.717) is 42.2 Å². The van der Waals surface area contributed by atoms with Gasteiger partial charge in [-0.2, -0.15) is 0 Å². The molecule has 7 heteroatoms. The lowest BCUT2D eigenvalue weighted by atomic mass is 9.90. The fraction of sp³-hybridized carbons (Fsp3) is 0.333. The Bertz CT molecular complexity index is 1460. The van der Waals surface area contributed by atoms with Gasteiger partial charge in [0.05, 0.1) is 10.9 Å². The standard InChI is InChI=1S/C27H29N5O2/c1-2-13-32-24(28)21(18-22-25(32)29-23-10-6-7-14-31(23)27(22)34)26(33)30-15-11-20(12-16-30)17-19-8-4-3-5-9-19/h3-10,14,18,20,28H,2,11-13,15-17H2,1H3. The molecule has 0 atom stereocenters. The Kier molecular flexibility index (Phi) is 6.01. The summed E-state index contributed by atoms with van der Waals surface area (Å²) < 4.78 is 3.20. The van der Waals surface area contributed by atoms with Gasteiger partial charge in [-0.15, -0.1) is 0 Å². The number of pyridine rings is 2. The summed E-state index contributed by atoms with van der Waals surface area (Å²) >= 11 is 0. The number of aryl methyl sites for hydroxylation is 1. The van der Waals surface area contributed by atoms with Gasteiger partial charge in [-0.05, 0) is 55.4 Å². The first-order valence-corrected chi connectivity index (χ1v) is 12.0. The Labute approximate surface area is 197 Å². The van der Waals surface area contributed by atoms with Gasteiger partial charge in [-0.3, -0.25) is 19.4 Å². The number of piperidine rings is 1. The van der Waals surface area contributed by atoms with Gasteiger partial charge in [0, 0.05) is 25.8 Å². The highest BCUT2D eigenvalue weighted by Crippen LogP contribution is 2.23. The molecule has 0 spiro atoms. The van der Waals surface area contributed by atoms with E-state index < -0.39 is 0 Å². The monoisotopic (exact) mass is 455 g/mol. The summed E-state index contributed by atoms with van der Waals surface area (Å²) in [4.78, 5) is 33.3. The zero-order chi connectivity index (χ0) is 23.7. The molecule has 0 aliphatic carbocycles. The Morgan fingerprint density at radius 1 is 1.09 bits per heavy atom. The molecule has 0 saturated carbocycles. The lowest BCUT2D eigenvalue weighted by Crippen LogP contribution is -2.42. The molecule has 1 N–H and O–H groups in total. The van der Waals surface area contributed by atoms with Crippen LogP contribution in [0.2, 0.25) is 0 Å². The SMILES string of the molecule is CCCn1c(=N)c(C(=O)N2CCC(Cc3ccccc3)CC2)cc2c(=O)n3ccccc3nc21. The molecule has 1 aliphatic rings. The molecule has 174 valence electrons. The second-order valence-corrected chi connectivity index (χ2v) is 9.07. The minimum Gasteiger partial charge on any atom is -0.339 e. The fourth-order valence-electron chi connectivity index (χ4n) is 4.95. The van der Waals surface area contributed by atoms with E-state index in [-0.39, 0.29) is 22.5 Å². The van der Waals surface area contributed by atoms with E-state index in [4.69, 9.17) is 5.41 Å². The molecule has 4 heterocycles.